The molecule has 2 rings (SSSR count). The highest BCUT2D eigenvalue weighted by Crippen LogP contribution is 2.17. The second kappa shape index (κ2) is 4.83. The number of halogens is 1. The summed E-state index contributed by atoms with van der Waals surface area (Å²) < 4.78 is 32.4. The van der Waals surface area contributed by atoms with Crippen LogP contribution >= 0.6 is 15.9 Å². The van der Waals surface area contributed by atoms with E-state index >= 15 is 0 Å². The first-order valence-electron chi connectivity index (χ1n) is 4.93. The number of hydrogen-bond acceptors (Lipinski definition) is 3. The first-order valence-corrected chi connectivity index (χ1v) is 7.21. The van der Waals surface area contributed by atoms with Gasteiger partial charge in [-0.25, -0.2) is 13.1 Å². The third-order valence-corrected chi connectivity index (χ3v) is 4.37. The summed E-state index contributed by atoms with van der Waals surface area (Å²) >= 11 is 3.25. The first kappa shape index (κ1) is 12.0. The summed E-state index contributed by atoms with van der Waals surface area (Å²) in [5.41, 5.74) is 0. The lowest BCUT2D eigenvalue weighted by atomic mass is 10.3. The molecule has 1 unspecified atom stereocenters. The zero-order valence-corrected chi connectivity index (χ0v) is 10.9. The van der Waals surface area contributed by atoms with E-state index in [2.05, 4.69) is 20.7 Å². The summed E-state index contributed by atoms with van der Waals surface area (Å²) in [5, 5.41) is 0. The third kappa shape index (κ3) is 2.82. The van der Waals surface area contributed by atoms with Crippen molar-refractivity contribution in [3.63, 3.8) is 0 Å². The molecule has 1 atom stereocenters. The summed E-state index contributed by atoms with van der Waals surface area (Å²) in [6.07, 6.45) is 0.729. The van der Waals surface area contributed by atoms with E-state index in [1.807, 2.05) is 0 Å². The number of hydrogen-bond donors (Lipinski definition) is 1. The zero-order chi connectivity index (χ0) is 11.6. The molecule has 1 fully saturated rings. The molecule has 1 aromatic rings. The minimum absolute atomic E-state index is 0.107. The van der Waals surface area contributed by atoms with E-state index in [9.17, 15) is 8.42 Å². The van der Waals surface area contributed by atoms with Gasteiger partial charge in [0.25, 0.3) is 0 Å². The van der Waals surface area contributed by atoms with Crippen molar-refractivity contribution in [3.05, 3.63) is 28.7 Å². The first-order chi connectivity index (χ1) is 7.58. The van der Waals surface area contributed by atoms with Crippen molar-refractivity contribution in [2.45, 2.75) is 17.4 Å². The van der Waals surface area contributed by atoms with Gasteiger partial charge < -0.3 is 4.74 Å². The molecule has 1 saturated heterocycles. The predicted octanol–water partition coefficient (Wildman–Crippen LogP) is 1.52. The molecule has 0 amide bonds. The van der Waals surface area contributed by atoms with Gasteiger partial charge in [0.2, 0.25) is 10.0 Å². The van der Waals surface area contributed by atoms with Gasteiger partial charge in [-0.1, -0.05) is 22.0 Å². The molecule has 6 heteroatoms. The smallest absolute Gasteiger partial charge is 0.240 e. The molecule has 1 aromatic carbocycles. The fraction of sp³-hybridized carbons (Fsp3) is 0.400. The molecule has 0 aromatic heterocycles. The average molecular weight is 306 g/mol. The number of rotatable bonds is 3. The molecule has 1 heterocycles. The summed E-state index contributed by atoms with van der Waals surface area (Å²) in [7, 11) is -3.43. The Morgan fingerprint density at radius 3 is 2.88 bits per heavy atom. The maximum Gasteiger partial charge on any atom is 0.240 e. The Morgan fingerprint density at radius 1 is 1.44 bits per heavy atom. The quantitative estimate of drug-likeness (QED) is 0.921. The van der Waals surface area contributed by atoms with Crippen molar-refractivity contribution in [3.8, 4) is 0 Å². The molecule has 88 valence electrons. The second-order valence-corrected chi connectivity index (χ2v) is 6.27. The van der Waals surface area contributed by atoms with Crippen LogP contribution in [0.3, 0.4) is 0 Å². The average Bonchev–Trinajstić information content (AvgIpc) is 2.70. The van der Waals surface area contributed by atoms with Gasteiger partial charge in [-0.2, -0.15) is 0 Å². The Labute approximate surface area is 103 Å². The van der Waals surface area contributed by atoms with Crippen molar-refractivity contribution in [2.75, 3.05) is 13.2 Å². The third-order valence-electron chi connectivity index (χ3n) is 2.36. The van der Waals surface area contributed by atoms with Gasteiger partial charge in [-0.05, 0) is 24.6 Å². The molecular formula is C10H12BrNO3S. The van der Waals surface area contributed by atoms with E-state index in [4.69, 9.17) is 4.74 Å². The van der Waals surface area contributed by atoms with Crippen molar-refractivity contribution < 1.29 is 13.2 Å². The Balaban J connectivity index is 2.18. The summed E-state index contributed by atoms with van der Waals surface area (Å²) in [6.45, 7) is 1.07. The van der Waals surface area contributed by atoms with Crippen LogP contribution in [0.25, 0.3) is 0 Å². The minimum Gasteiger partial charge on any atom is -0.380 e. The van der Waals surface area contributed by atoms with Crippen LogP contribution in [0.15, 0.2) is 33.6 Å². The summed E-state index contributed by atoms with van der Waals surface area (Å²) in [6, 6.07) is 6.53. The molecule has 0 spiro atoms. The zero-order valence-electron chi connectivity index (χ0n) is 8.52. The number of nitrogens with one attached hydrogen (secondary N) is 1. The lowest BCUT2D eigenvalue weighted by Gasteiger charge is -2.11. The van der Waals surface area contributed by atoms with E-state index in [1.165, 1.54) is 0 Å². The monoisotopic (exact) mass is 305 g/mol. The summed E-state index contributed by atoms with van der Waals surface area (Å²) in [5.74, 6) is 0. The fourth-order valence-electron chi connectivity index (χ4n) is 1.55. The molecule has 1 aliphatic heterocycles. The van der Waals surface area contributed by atoms with E-state index < -0.39 is 10.0 Å². The normalized spacial score (nSPS) is 21.2. The standard InChI is InChI=1S/C10H12BrNO3S/c11-8-2-1-3-10(6-8)16(13,14)12-9-4-5-15-7-9/h1-3,6,9,12H,4-5,7H2. The number of benzene rings is 1. The molecule has 1 aliphatic rings. The van der Waals surface area contributed by atoms with Gasteiger partial charge in [-0.3, -0.25) is 0 Å². The van der Waals surface area contributed by atoms with Gasteiger partial charge in [0.1, 0.15) is 0 Å². The molecular weight excluding hydrogens is 294 g/mol. The second-order valence-electron chi connectivity index (χ2n) is 3.64. The van der Waals surface area contributed by atoms with Gasteiger partial charge >= 0.3 is 0 Å². The van der Waals surface area contributed by atoms with Crippen LogP contribution in [0.1, 0.15) is 6.42 Å². The molecule has 0 aliphatic carbocycles. The van der Waals surface area contributed by atoms with E-state index in [0.29, 0.717) is 13.2 Å². The predicted molar refractivity (Wildman–Crippen MR) is 63.7 cm³/mol. The van der Waals surface area contributed by atoms with Gasteiger partial charge in [0.05, 0.1) is 11.5 Å². The highest BCUT2D eigenvalue weighted by Gasteiger charge is 2.23. The van der Waals surface area contributed by atoms with Crippen LogP contribution in [0.2, 0.25) is 0 Å². The highest BCUT2D eigenvalue weighted by molar-refractivity contribution is 9.10. The van der Waals surface area contributed by atoms with Gasteiger partial charge in [0, 0.05) is 17.1 Å². The molecule has 0 radical (unpaired) electrons. The molecule has 0 saturated carbocycles. The highest BCUT2D eigenvalue weighted by atomic mass is 79.9. The van der Waals surface area contributed by atoms with Crippen LogP contribution in [0.5, 0.6) is 0 Å². The lowest BCUT2D eigenvalue weighted by Crippen LogP contribution is -2.34. The topological polar surface area (TPSA) is 55.4 Å². The SMILES string of the molecule is O=S(=O)(NC1CCOC1)c1cccc(Br)c1. The van der Waals surface area contributed by atoms with Crippen LogP contribution in [0.4, 0.5) is 0 Å². The van der Waals surface area contributed by atoms with E-state index in [-0.39, 0.29) is 10.9 Å². The Morgan fingerprint density at radius 2 is 2.25 bits per heavy atom. The Kier molecular flexibility index (Phi) is 3.63. The number of sulfonamides is 1. The minimum atomic E-state index is -3.43. The Bertz CT molecular complexity index is 469. The maximum atomic E-state index is 12.0. The van der Waals surface area contributed by atoms with Crippen molar-refractivity contribution >= 4 is 26.0 Å². The van der Waals surface area contributed by atoms with Crippen LogP contribution in [-0.4, -0.2) is 27.7 Å². The Hall–Kier alpha value is -0.430. The number of ether oxygens (including phenoxy) is 1. The summed E-state index contributed by atoms with van der Waals surface area (Å²) in [4.78, 5) is 0.272. The van der Waals surface area contributed by atoms with E-state index in [1.54, 1.807) is 24.3 Å². The largest absolute Gasteiger partial charge is 0.380 e. The van der Waals surface area contributed by atoms with Crippen LogP contribution in [0, 0.1) is 0 Å². The molecule has 4 nitrogen and oxygen atoms in total. The fourth-order valence-corrected chi connectivity index (χ4v) is 3.40. The van der Waals surface area contributed by atoms with Crippen molar-refractivity contribution in [2.24, 2.45) is 0 Å². The molecule has 16 heavy (non-hydrogen) atoms. The van der Waals surface area contributed by atoms with Crippen LogP contribution < -0.4 is 4.72 Å². The van der Waals surface area contributed by atoms with Crippen LogP contribution in [-0.2, 0) is 14.8 Å². The van der Waals surface area contributed by atoms with Gasteiger partial charge in [0.15, 0.2) is 0 Å². The molecule has 1 N–H and O–H groups in total. The maximum absolute atomic E-state index is 12.0. The van der Waals surface area contributed by atoms with E-state index in [0.717, 1.165) is 10.9 Å². The van der Waals surface area contributed by atoms with Crippen molar-refractivity contribution in [1.82, 2.24) is 4.72 Å². The van der Waals surface area contributed by atoms with Gasteiger partial charge in [-0.15, -0.1) is 0 Å². The molecule has 0 bridgehead atoms. The van der Waals surface area contributed by atoms with Crippen molar-refractivity contribution in [1.29, 1.82) is 0 Å². The lowest BCUT2D eigenvalue weighted by molar-refractivity contribution is 0.192.